The second-order valence-corrected chi connectivity index (χ2v) is 5.52. The lowest BCUT2D eigenvalue weighted by Gasteiger charge is -2.11. The van der Waals surface area contributed by atoms with E-state index in [4.69, 9.17) is 21.1 Å². The van der Waals surface area contributed by atoms with Crippen molar-refractivity contribution in [3.05, 3.63) is 53.2 Å². The summed E-state index contributed by atoms with van der Waals surface area (Å²) in [6.45, 7) is 0. The van der Waals surface area contributed by atoms with E-state index in [1.165, 1.54) is 18.9 Å². The molecule has 0 saturated carbocycles. The molecule has 2 aromatic carbocycles. The minimum absolute atomic E-state index is 0.177. The summed E-state index contributed by atoms with van der Waals surface area (Å²) in [4.78, 5) is 11.6. The number of nitrogens with zero attached hydrogens (tertiary/aromatic N) is 3. The summed E-state index contributed by atoms with van der Waals surface area (Å²) >= 11 is 6.05. The van der Waals surface area contributed by atoms with E-state index in [1.807, 2.05) is 0 Å². The average molecular weight is 360 g/mol. The molecule has 25 heavy (non-hydrogen) atoms. The Morgan fingerprint density at radius 1 is 1.12 bits per heavy atom. The maximum absolute atomic E-state index is 11.6. The summed E-state index contributed by atoms with van der Waals surface area (Å²) < 4.78 is 11.9. The van der Waals surface area contributed by atoms with E-state index in [9.17, 15) is 9.90 Å². The molecule has 1 heterocycles. The van der Waals surface area contributed by atoms with Gasteiger partial charge in [-0.05, 0) is 12.1 Å². The van der Waals surface area contributed by atoms with Crippen LogP contribution in [0, 0.1) is 0 Å². The zero-order valence-electron chi connectivity index (χ0n) is 13.4. The van der Waals surface area contributed by atoms with Gasteiger partial charge in [-0.1, -0.05) is 28.9 Å². The zero-order valence-corrected chi connectivity index (χ0v) is 14.2. The first-order chi connectivity index (χ1) is 12.0. The predicted molar refractivity (Wildman–Crippen MR) is 91.9 cm³/mol. The van der Waals surface area contributed by atoms with Gasteiger partial charge in [0.15, 0.2) is 5.69 Å². The molecule has 128 valence electrons. The standard InChI is InChI=1S/C17H14ClN3O4/c1-24-13-7-12(8-14(9-13)25-2)21-16(15(17(22)23)19-20-21)10-4-3-5-11(18)6-10/h3-9H,1-2H3,(H,22,23). The third kappa shape index (κ3) is 3.27. The number of ether oxygens (including phenoxy) is 2. The van der Waals surface area contributed by atoms with E-state index < -0.39 is 5.97 Å². The number of aromatic carboxylic acids is 1. The highest BCUT2D eigenvalue weighted by Gasteiger charge is 2.22. The fourth-order valence-electron chi connectivity index (χ4n) is 2.42. The van der Waals surface area contributed by atoms with Crippen molar-refractivity contribution in [3.63, 3.8) is 0 Å². The first-order valence-corrected chi connectivity index (χ1v) is 7.59. The third-order valence-corrected chi connectivity index (χ3v) is 3.79. The highest BCUT2D eigenvalue weighted by atomic mass is 35.5. The van der Waals surface area contributed by atoms with Gasteiger partial charge in [-0.25, -0.2) is 9.48 Å². The van der Waals surface area contributed by atoms with Gasteiger partial charge in [0, 0.05) is 28.8 Å². The Morgan fingerprint density at radius 2 is 1.80 bits per heavy atom. The van der Waals surface area contributed by atoms with E-state index >= 15 is 0 Å². The summed E-state index contributed by atoms with van der Waals surface area (Å²) in [6, 6.07) is 11.9. The van der Waals surface area contributed by atoms with Crippen LogP contribution in [-0.4, -0.2) is 40.3 Å². The molecule has 0 bridgehead atoms. The van der Waals surface area contributed by atoms with Crippen LogP contribution in [0.5, 0.6) is 11.5 Å². The molecule has 0 aliphatic carbocycles. The maximum atomic E-state index is 11.6. The number of carboxylic acids is 1. The largest absolute Gasteiger partial charge is 0.497 e. The molecule has 0 saturated heterocycles. The number of aromatic nitrogens is 3. The minimum Gasteiger partial charge on any atom is -0.497 e. The van der Waals surface area contributed by atoms with Crippen molar-refractivity contribution in [2.75, 3.05) is 14.2 Å². The average Bonchev–Trinajstić information content (AvgIpc) is 3.06. The topological polar surface area (TPSA) is 86.5 Å². The molecule has 0 aliphatic rings. The molecule has 0 unspecified atom stereocenters. The number of rotatable bonds is 5. The summed E-state index contributed by atoms with van der Waals surface area (Å²) in [5.41, 5.74) is 1.26. The van der Waals surface area contributed by atoms with Crippen molar-refractivity contribution >= 4 is 17.6 Å². The van der Waals surface area contributed by atoms with Gasteiger partial charge in [-0.15, -0.1) is 5.10 Å². The molecule has 1 aromatic heterocycles. The lowest BCUT2D eigenvalue weighted by atomic mass is 10.1. The highest BCUT2D eigenvalue weighted by molar-refractivity contribution is 6.30. The molecule has 7 nitrogen and oxygen atoms in total. The Morgan fingerprint density at radius 3 is 2.36 bits per heavy atom. The molecule has 1 N–H and O–H groups in total. The molecule has 8 heteroatoms. The van der Waals surface area contributed by atoms with Crippen LogP contribution in [0.15, 0.2) is 42.5 Å². The molecule has 3 aromatic rings. The van der Waals surface area contributed by atoms with Crippen LogP contribution >= 0.6 is 11.6 Å². The highest BCUT2D eigenvalue weighted by Crippen LogP contribution is 2.31. The first-order valence-electron chi connectivity index (χ1n) is 7.22. The smallest absolute Gasteiger partial charge is 0.358 e. The number of hydrogen-bond acceptors (Lipinski definition) is 5. The molecule has 0 spiro atoms. The van der Waals surface area contributed by atoms with Gasteiger partial charge >= 0.3 is 5.97 Å². The lowest BCUT2D eigenvalue weighted by molar-refractivity contribution is 0.0691. The first kappa shape index (κ1) is 16.8. The Hall–Kier alpha value is -3.06. The fraction of sp³-hybridized carbons (Fsp3) is 0.118. The van der Waals surface area contributed by atoms with E-state index in [0.29, 0.717) is 33.5 Å². The molecule has 0 radical (unpaired) electrons. The quantitative estimate of drug-likeness (QED) is 0.752. The van der Waals surface area contributed by atoms with Crippen molar-refractivity contribution < 1.29 is 19.4 Å². The van der Waals surface area contributed by atoms with Crippen molar-refractivity contribution in [1.82, 2.24) is 15.0 Å². The van der Waals surface area contributed by atoms with E-state index in [2.05, 4.69) is 10.3 Å². The van der Waals surface area contributed by atoms with Gasteiger partial charge in [0.2, 0.25) is 0 Å². The molecule has 0 fully saturated rings. The molecule has 0 atom stereocenters. The SMILES string of the molecule is COc1cc(OC)cc(-n2nnc(C(=O)O)c2-c2cccc(Cl)c2)c1. The predicted octanol–water partition coefficient (Wildman–Crippen LogP) is 3.30. The second kappa shape index (κ2) is 6.82. The van der Waals surface area contributed by atoms with E-state index in [1.54, 1.807) is 42.5 Å². The van der Waals surface area contributed by atoms with Crippen LogP contribution in [0.4, 0.5) is 0 Å². The number of carbonyl (C=O) groups is 1. The van der Waals surface area contributed by atoms with Gasteiger partial charge in [-0.3, -0.25) is 0 Å². The van der Waals surface area contributed by atoms with Crippen LogP contribution in [0.25, 0.3) is 16.9 Å². The van der Waals surface area contributed by atoms with Gasteiger partial charge in [-0.2, -0.15) is 0 Å². The van der Waals surface area contributed by atoms with E-state index in [0.717, 1.165) is 0 Å². The molecule has 3 rings (SSSR count). The van der Waals surface area contributed by atoms with Crippen molar-refractivity contribution in [2.45, 2.75) is 0 Å². The number of carboxylic acid groups (broad SMARTS) is 1. The fourth-order valence-corrected chi connectivity index (χ4v) is 2.61. The monoisotopic (exact) mass is 359 g/mol. The van der Waals surface area contributed by atoms with Crippen LogP contribution < -0.4 is 9.47 Å². The maximum Gasteiger partial charge on any atom is 0.358 e. The molecule has 0 aliphatic heterocycles. The third-order valence-electron chi connectivity index (χ3n) is 3.55. The summed E-state index contributed by atoms with van der Waals surface area (Å²) in [5.74, 6) is -0.103. The van der Waals surface area contributed by atoms with Crippen LogP contribution in [-0.2, 0) is 0 Å². The number of halogens is 1. The second-order valence-electron chi connectivity index (χ2n) is 5.08. The van der Waals surface area contributed by atoms with Gasteiger partial charge in [0.1, 0.15) is 17.2 Å². The number of methoxy groups -OCH3 is 2. The molecular formula is C17H14ClN3O4. The van der Waals surface area contributed by atoms with Gasteiger partial charge < -0.3 is 14.6 Å². The van der Waals surface area contributed by atoms with Gasteiger partial charge in [0.05, 0.1) is 19.9 Å². The number of hydrogen-bond donors (Lipinski definition) is 1. The molecule has 0 amide bonds. The number of benzene rings is 2. The van der Waals surface area contributed by atoms with Gasteiger partial charge in [0.25, 0.3) is 0 Å². The summed E-state index contributed by atoms with van der Waals surface area (Å²) in [6.07, 6.45) is 0. The Labute approximate surface area is 148 Å². The normalized spacial score (nSPS) is 10.5. The van der Waals surface area contributed by atoms with Crippen molar-refractivity contribution in [3.8, 4) is 28.4 Å². The van der Waals surface area contributed by atoms with Crippen LogP contribution in [0.3, 0.4) is 0 Å². The summed E-state index contributed by atoms with van der Waals surface area (Å²) in [7, 11) is 3.06. The molecular weight excluding hydrogens is 346 g/mol. The van der Waals surface area contributed by atoms with E-state index in [-0.39, 0.29) is 5.69 Å². The summed E-state index contributed by atoms with van der Waals surface area (Å²) in [5, 5.41) is 17.7. The Bertz CT molecular complexity index is 917. The van der Waals surface area contributed by atoms with Crippen molar-refractivity contribution in [1.29, 1.82) is 0 Å². The van der Waals surface area contributed by atoms with Crippen molar-refractivity contribution in [2.24, 2.45) is 0 Å². The minimum atomic E-state index is -1.18. The Balaban J connectivity index is 2.26. The zero-order chi connectivity index (χ0) is 18.0. The lowest BCUT2D eigenvalue weighted by Crippen LogP contribution is -2.04. The Kier molecular flexibility index (Phi) is 4.58. The van der Waals surface area contributed by atoms with Crippen LogP contribution in [0.1, 0.15) is 10.5 Å². The van der Waals surface area contributed by atoms with Crippen LogP contribution in [0.2, 0.25) is 5.02 Å².